The molecule has 2 aromatic rings. The van der Waals surface area contributed by atoms with Crippen molar-refractivity contribution >= 4 is 45.9 Å². The van der Waals surface area contributed by atoms with E-state index in [9.17, 15) is 0 Å². The zero-order valence-electron chi connectivity index (χ0n) is 15.5. The number of nitrogens with zero attached hydrogens (tertiary/aromatic N) is 1. The number of hydrogen-bond acceptors (Lipinski definition) is 3. The molecule has 2 N–H and O–H groups in total. The summed E-state index contributed by atoms with van der Waals surface area (Å²) in [7, 11) is 0. The standard InChI is InChI=1S/C20H26BrN3O2.HI/c1-15-11-18(21)5-4-17(15)13-24-20(23-12-16-7-10-25-14-16)22-8-6-19-3-2-9-26-19;/h2-5,9,11,16H,6-8,10,12-14H2,1H3,(H2,22,23,24);1H. The van der Waals surface area contributed by atoms with Crippen LogP contribution < -0.4 is 10.6 Å². The number of ether oxygens (including phenoxy) is 1. The van der Waals surface area contributed by atoms with Crippen LogP contribution in [0, 0.1) is 12.8 Å². The molecule has 3 rings (SSSR count). The lowest BCUT2D eigenvalue weighted by Crippen LogP contribution is -2.40. The lowest BCUT2D eigenvalue weighted by molar-refractivity contribution is 0.186. The molecule has 0 radical (unpaired) electrons. The molecule has 1 aliphatic heterocycles. The molecule has 1 fully saturated rings. The van der Waals surface area contributed by atoms with Gasteiger partial charge in [-0.3, -0.25) is 0 Å². The number of benzene rings is 1. The van der Waals surface area contributed by atoms with E-state index in [1.807, 2.05) is 12.1 Å². The molecule has 148 valence electrons. The van der Waals surface area contributed by atoms with Crippen molar-refractivity contribution in [2.45, 2.75) is 26.3 Å². The van der Waals surface area contributed by atoms with E-state index in [2.05, 4.69) is 51.7 Å². The first-order chi connectivity index (χ1) is 12.7. The fourth-order valence-corrected chi connectivity index (χ4v) is 3.40. The summed E-state index contributed by atoms with van der Waals surface area (Å²) in [5.41, 5.74) is 2.46. The van der Waals surface area contributed by atoms with Gasteiger partial charge in [0.25, 0.3) is 0 Å². The SMILES string of the molecule is Cc1cc(Br)ccc1CN=C(NCCc1ccco1)NCC1CCOC1.I. The van der Waals surface area contributed by atoms with E-state index in [0.717, 1.165) is 55.3 Å². The molecule has 0 spiro atoms. The summed E-state index contributed by atoms with van der Waals surface area (Å²) in [6.07, 6.45) is 3.65. The highest BCUT2D eigenvalue weighted by Gasteiger charge is 2.15. The van der Waals surface area contributed by atoms with Gasteiger partial charge in [-0.15, -0.1) is 24.0 Å². The van der Waals surface area contributed by atoms with Gasteiger partial charge in [-0.1, -0.05) is 22.0 Å². The summed E-state index contributed by atoms with van der Waals surface area (Å²) in [6.45, 7) is 6.12. The summed E-state index contributed by atoms with van der Waals surface area (Å²) in [5.74, 6) is 2.37. The van der Waals surface area contributed by atoms with Gasteiger partial charge in [-0.2, -0.15) is 0 Å². The first-order valence-electron chi connectivity index (χ1n) is 9.08. The lowest BCUT2D eigenvalue weighted by atomic mass is 10.1. The molecular formula is C20H27BrIN3O2. The lowest BCUT2D eigenvalue weighted by Gasteiger charge is -2.15. The minimum Gasteiger partial charge on any atom is -0.469 e. The van der Waals surface area contributed by atoms with Crippen LogP contribution in [0.5, 0.6) is 0 Å². The van der Waals surface area contributed by atoms with E-state index in [4.69, 9.17) is 14.1 Å². The molecular weight excluding hydrogens is 521 g/mol. The van der Waals surface area contributed by atoms with Crippen molar-refractivity contribution in [1.29, 1.82) is 0 Å². The highest BCUT2D eigenvalue weighted by atomic mass is 127. The van der Waals surface area contributed by atoms with Crippen molar-refractivity contribution in [2.75, 3.05) is 26.3 Å². The molecule has 7 heteroatoms. The van der Waals surface area contributed by atoms with Gasteiger partial charge in [0.2, 0.25) is 0 Å². The number of aliphatic imine (C=N–C) groups is 1. The van der Waals surface area contributed by atoms with Gasteiger partial charge in [0.15, 0.2) is 5.96 Å². The van der Waals surface area contributed by atoms with Crippen LogP contribution in [0.3, 0.4) is 0 Å². The van der Waals surface area contributed by atoms with Gasteiger partial charge in [0, 0.05) is 36.5 Å². The maximum atomic E-state index is 5.46. The molecule has 1 saturated heterocycles. The van der Waals surface area contributed by atoms with E-state index in [1.165, 1.54) is 11.1 Å². The van der Waals surface area contributed by atoms with E-state index < -0.39 is 0 Å². The predicted molar refractivity (Wildman–Crippen MR) is 123 cm³/mol. The first kappa shape index (κ1) is 22.2. The average Bonchev–Trinajstić information content (AvgIpc) is 3.32. The van der Waals surface area contributed by atoms with E-state index in [1.54, 1.807) is 6.26 Å². The Bertz CT molecular complexity index is 716. The molecule has 1 atom stereocenters. The second kappa shape index (κ2) is 11.7. The van der Waals surface area contributed by atoms with Crippen molar-refractivity contribution in [3.63, 3.8) is 0 Å². The van der Waals surface area contributed by atoms with Crippen molar-refractivity contribution in [3.05, 3.63) is 58.0 Å². The number of rotatable bonds is 7. The van der Waals surface area contributed by atoms with Gasteiger partial charge >= 0.3 is 0 Å². The molecule has 0 aliphatic carbocycles. The van der Waals surface area contributed by atoms with Crippen LogP contribution in [0.1, 0.15) is 23.3 Å². The quantitative estimate of drug-likeness (QED) is 0.308. The normalized spacial score (nSPS) is 16.8. The summed E-state index contributed by atoms with van der Waals surface area (Å²) >= 11 is 3.51. The number of hydrogen-bond donors (Lipinski definition) is 2. The Balaban J connectivity index is 0.00000261. The molecule has 5 nitrogen and oxygen atoms in total. The number of nitrogens with one attached hydrogen (secondary N) is 2. The third kappa shape index (κ3) is 7.46. The second-order valence-corrected chi connectivity index (χ2v) is 7.52. The third-order valence-corrected chi connectivity index (χ3v) is 5.03. The molecule has 0 amide bonds. The van der Waals surface area contributed by atoms with Crippen LogP contribution in [0.4, 0.5) is 0 Å². The highest BCUT2D eigenvalue weighted by Crippen LogP contribution is 2.16. The van der Waals surface area contributed by atoms with Crippen LogP contribution in [0.2, 0.25) is 0 Å². The molecule has 1 unspecified atom stereocenters. The Hall–Kier alpha value is -1.06. The third-order valence-electron chi connectivity index (χ3n) is 4.54. The Labute approximate surface area is 186 Å². The molecule has 1 aromatic carbocycles. The number of furan rings is 1. The molecule has 1 aliphatic rings. The fourth-order valence-electron chi connectivity index (χ4n) is 2.92. The smallest absolute Gasteiger partial charge is 0.191 e. The maximum Gasteiger partial charge on any atom is 0.191 e. The topological polar surface area (TPSA) is 58.8 Å². The molecule has 0 saturated carbocycles. The number of aryl methyl sites for hydroxylation is 1. The van der Waals surface area contributed by atoms with Gasteiger partial charge < -0.3 is 19.8 Å². The zero-order chi connectivity index (χ0) is 18.2. The minimum absolute atomic E-state index is 0. The first-order valence-corrected chi connectivity index (χ1v) is 9.87. The second-order valence-electron chi connectivity index (χ2n) is 6.60. The molecule has 1 aromatic heterocycles. The summed E-state index contributed by atoms with van der Waals surface area (Å²) in [4.78, 5) is 4.77. The van der Waals surface area contributed by atoms with E-state index >= 15 is 0 Å². The summed E-state index contributed by atoms with van der Waals surface area (Å²) in [5, 5.41) is 6.87. The molecule has 27 heavy (non-hydrogen) atoms. The monoisotopic (exact) mass is 547 g/mol. The van der Waals surface area contributed by atoms with Crippen molar-refractivity contribution in [1.82, 2.24) is 10.6 Å². The van der Waals surface area contributed by atoms with Crippen LogP contribution in [0.15, 0.2) is 50.5 Å². The largest absolute Gasteiger partial charge is 0.469 e. The molecule has 0 bridgehead atoms. The van der Waals surface area contributed by atoms with Crippen LogP contribution in [-0.4, -0.2) is 32.3 Å². The highest BCUT2D eigenvalue weighted by molar-refractivity contribution is 14.0. The van der Waals surface area contributed by atoms with Crippen molar-refractivity contribution in [3.8, 4) is 0 Å². The Kier molecular flexibility index (Phi) is 9.64. The number of guanidine groups is 1. The Morgan fingerprint density at radius 3 is 2.89 bits per heavy atom. The van der Waals surface area contributed by atoms with Crippen molar-refractivity contribution in [2.24, 2.45) is 10.9 Å². The van der Waals surface area contributed by atoms with Gasteiger partial charge in [-0.05, 0) is 48.7 Å². The molecule has 2 heterocycles. The van der Waals surface area contributed by atoms with Gasteiger partial charge in [-0.25, -0.2) is 4.99 Å². The maximum absolute atomic E-state index is 5.46. The zero-order valence-corrected chi connectivity index (χ0v) is 19.5. The van der Waals surface area contributed by atoms with Crippen molar-refractivity contribution < 1.29 is 9.15 Å². The van der Waals surface area contributed by atoms with E-state index in [0.29, 0.717) is 12.5 Å². The van der Waals surface area contributed by atoms with Crippen LogP contribution in [0.25, 0.3) is 0 Å². The summed E-state index contributed by atoms with van der Waals surface area (Å²) < 4.78 is 11.9. The fraction of sp³-hybridized carbons (Fsp3) is 0.450. The average molecular weight is 548 g/mol. The minimum atomic E-state index is 0. The van der Waals surface area contributed by atoms with Crippen LogP contribution in [-0.2, 0) is 17.7 Å². The van der Waals surface area contributed by atoms with Gasteiger partial charge in [0.05, 0.1) is 19.4 Å². The predicted octanol–water partition coefficient (Wildman–Crippen LogP) is 4.28. The van der Waals surface area contributed by atoms with Crippen LogP contribution >= 0.6 is 39.9 Å². The van der Waals surface area contributed by atoms with Gasteiger partial charge in [0.1, 0.15) is 5.76 Å². The number of halogens is 2. The Morgan fingerprint density at radius 1 is 1.30 bits per heavy atom. The summed E-state index contributed by atoms with van der Waals surface area (Å²) in [6, 6.07) is 10.2. The Morgan fingerprint density at radius 2 is 2.19 bits per heavy atom. The van der Waals surface area contributed by atoms with E-state index in [-0.39, 0.29) is 24.0 Å².